The maximum atomic E-state index is 9.37. The first-order valence-electron chi connectivity index (χ1n) is 6.59. The molecule has 2 heteroatoms. The van der Waals surface area contributed by atoms with E-state index in [1.54, 1.807) is 7.11 Å². The molecule has 1 spiro atoms. The van der Waals surface area contributed by atoms with Gasteiger partial charge in [0.25, 0.3) is 0 Å². The second-order valence-corrected chi connectivity index (χ2v) is 6.82. The number of rotatable bonds is 2. The van der Waals surface area contributed by atoms with E-state index < -0.39 is 0 Å². The van der Waals surface area contributed by atoms with Crippen LogP contribution in [0.2, 0.25) is 0 Å². The topological polar surface area (TPSA) is 29.5 Å². The van der Waals surface area contributed by atoms with Crippen molar-refractivity contribution in [1.82, 2.24) is 0 Å². The Labute approximate surface area is 99.4 Å². The second kappa shape index (κ2) is 3.99. The smallest absolute Gasteiger partial charge is 0.0688 e. The van der Waals surface area contributed by atoms with E-state index in [2.05, 4.69) is 20.8 Å². The highest BCUT2D eigenvalue weighted by Gasteiger charge is 2.65. The first kappa shape index (κ1) is 12.4. The fourth-order valence-electron chi connectivity index (χ4n) is 3.89. The first-order valence-corrected chi connectivity index (χ1v) is 6.59. The Bertz CT molecular complexity index is 234. The molecule has 2 atom stereocenters. The number of aliphatic hydroxyl groups is 1. The van der Waals surface area contributed by atoms with Crippen LogP contribution in [0, 0.1) is 22.7 Å². The molecule has 0 aromatic heterocycles. The molecule has 0 aliphatic heterocycles. The van der Waals surface area contributed by atoms with Gasteiger partial charge in [0, 0.05) is 25.0 Å². The van der Waals surface area contributed by atoms with Crippen molar-refractivity contribution in [3.05, 3.63) is 0 Å². The van der Waals surface area contributed by atoms with Crippen LogP contribution >= 0.6 is 0 Å². The summed E-state index contributed by atoms with van der Waals surface area (Å²) in [5, 5.41) is 9.37. The number of methoxy groups -OCH3 is 1. The fraction of sp³-hybridized carbons (Fsp3) is 1.00. The van der Waals surface area contributed by atoms with Gasteiger partial charge in [-0.2, -0.15) is 0 Å². The maximum Gasteiger partial charge on any atom is 0.0688 e. The first-order chi connectivity index (χ1) is 7.45. The Morgan fingerprint density at radius 1 is 1.25 bits per heavy atom. The summed E-state index contributed by atoms with van der Waals surface area (Å²) in [4.78, 5) is 0. The molecule has 2 aliphatic carbocycles. The van der Waals surface area contributed by atoms with Crippen LogP contribution < -0.4 is 0 Å². The molecule has 16 heavy (non-hydrogen) atoms. The summed E-state index contributed by atoms with van der Waals surface area (Å²) in [5.41, 5.74) is 0.777. The predicted molar refractivity (Wildman–Crippen MR) is 65.2 cm³/mol. The summed E-state index contributed by atoms with van der Waals surface area (Å²) in [6.45, 7) is 7.35. The minimum Gasteiger partial charge on any atom is -0.396 e. The van der Waals surface area contributed by atoms with E-state index in [9.17, 15) is 5.11 Å². The number of ether oxygens (including phenoxy) is 1. The van der Waals surface area contributed by atoms with Gasteiger partial charge in [0.05, 0.1) is 6.10 Å². The number of hydrogen-bond donors (Lipinski definition) is 1. The molecule has 2 aliphatic rings. The Morgan fingerprint density at radius 3 is 2.12 bits per heavy atom. The van der Waals surface area contributed by atoms with E-state index in [4.69, 9.17) is 4.74 Å². The van der Waals surface area contributed by atoms with Crippen LogP contribution in [-0.2, 0) is 4.74 Å². The van der Waals surface area contributed by atoms with Crippen LogP contribution in [0.25, 0.3) is 0 Å². The summed E-state index contributed by atoms with van der Waals surface area (Å²) in [7, 11) is 1.79. The molecule has 94 valence electrons. The normalized spacial score (nSPS) is 43.7. The fourth-order valence-corrected chi connectivity index (χ4v) is 3.89. The average molecular weight is 226 g/mol. The summed E-state index contributed by atoms with van der Waals surface area (Å²) >= 11 is 0. The highest BCUT2D eigenvalue weighted by Crippen LogP contribution is 2.64. The van der Waals surface area contributed by atoms with Crippen LogP contribution in [0.4, 0.5) is 0 Å². The minimum absolute atomic E-state index is 0.304. The monoisotopic (exact) mass is 226 g/mol. The third kappa shape index (κ3) is 1.80. The second-order valence-electron chi connectivity index (χ2n) is 6.82. The van der Waals surface area contributed by atoms with Crippen molar-refractivity contribution in [3.8, 4) is 0 Å². The van der Waals surface area contributed by atoms with Crippen molar-refractivity contribution < 1.29 is 9.84 Å². The SMILES string of the molecule is COC1C(CO)C12CCC(C(C)(C)C)CC2. The number of aliphatic hydroxyl groups excluding tert-OH is 1. The molecule has 0 radical (unpaired) electrons. The lowest BCUT2D eigenvalue weighted by Crippen LogP contribution is -2.28. The van der Waals surface area contributed by atoms with Crippen molar-refractivity contribution in [1.29, 1.82) is 0 Å². The van der Waals surface area contributed by atoms with E-state index in [0.717, 1.165) is 5.92 Å². The van der Waals surface area contributed by atoms with Crippen LogP contribution in [-0.4, -0.2) is 24.9 Å². The lowest BCUT2D eigenvalue weighted by molar-refractivity contribution is 0.0874. The quantitative estimate of drug-likeness (QED) is 0.784. The number of hydrogen-bond acceptors (Lipinski definition) is 2. The summed E-state index contributed by atoms with van der Waals surface area (Å²) < 4.78 is 5.52. The van der Waals surface area contributed by atoms with Gasteiger partial charge in [-0.1, -0.05) is 20.8 Å². The van der Waals surface area contributed by atoms with Crippen LogP contribution in [0.3, 0.4) is 0 Å². The van der Waals surface area contributed by atoms with Gasteiger partial charge < -0.3 is 9.84 Å². The van der Waals surface area contributed by atoms with Gasteiger partial charge in [0.15, 0.2) is 0 Å². The molecular formula is C14H26O2. The Hall–Kier alpha value is -0.0800. The largest absolute Gasteiger partial charge is 0.396 e. The molecule has 0 heterocycles. The molecule has 2 fully saturated rings. The standard InChI is InChI=1S/C14H26O2/c1-13(2,3)10-5-7-14(8-6-10)11(9-15)12(14)16-4/h10-12,15H,5-9H2,1-4H3. The summed E-state index contributed by atoms with van der Waals surface area (Å²) in [5.74, 6) is 1.26. The molecule has 0 amide bonds. The van der Waals surface area contributed by atoms with Gasteiger partial charge in [-0.3, -0.25) is 0 Å². The van der Waals surface area contributed by atoms with Crippen LogP contribution in [0.5, 0.6) is 0 Å². The Balaban J connectivity index is 1.96. The lowest BCUT2D eigenvalue weighted by Gasteiger charge is -2.37. The van der Waals surface area contributed by atoms with Crippen LogP contribution in [0.15, 0.2) is 0 Å². The molecule has 2 unspecified atom stereocenters. The van der Waals surface area contributed by atoms with Gasteiger partial charge in [-0.15, -0.1) is 0 Å². The van der Waals surface area contributed by atoms with Gasteiger partial charge in [-0.25, -0.2) is 0 Å². The highest BCUT2D eigenvalue weighted by atomic mass is 16.5. The Morgan fingerprint density at radius 2 is 1.81 bits per heavy atom. The van der Waals surface area contributed by atoms with E-state index in [-0.39, 0.29) is 0 Å². The molecule has 1 N–H and O–H groups in total. The van der Waals surface area contributed by atoms with Gasteiger partial charge in [0.2, 0.25) is 0 Å². The van der Waals surface area contributed by atoms with Crippen molar-refractivity contribution in [2.75, 3.05) is 13.7 Å². The van der Waals surface area contributed by atoms with Gasteiger partial charge >= 0.3 is 0 Å². The molecule has 0 aromatic rings. The molecule has 2 saturated carbocycles. The molecule has 0 aromatic carbocycles. The average Bonchev–Trinajstić information content (AvgIpc) is 2.83. The zero-order valence-corrected chi connectivity index (χ0v) is 11.1. The zero-order valence-electron chi connectivity index (χ0n) is 11.1. The van der Waals surface area contributed by atoms with Crippen molar-refractivity contribution in [3.63, 3.8) is 0 Å². The van der Waals surface area contributed by atoms with Crippen molar-refractivity contribution in [2.45, 2.75) is 52.6 Å². The van der Waals surface area contributed by atoms with Gasteiger partial charge in [-0.05, 0) is 37.0 Å². The molecule has 2 nitrogen and oxygen atoms in total. The molecule has 0 saturated heterocycles. The molecular weight excluding hydrogens is 200 g/mol. The third-order valence-corrected chi connectivity index (χ3v) is 5.15. The molecule has 2 rings (SSSR count). The molecule has 0 bridgehead atoms. The van der Waals surface area contributed by atoms with Crippen molar-refractivity contribution in [2.24, 2.45) is 22.7 Å². The van der Waals surface area contributed by atoms with E-state index in [1.807, 2.05) is 0 Å². The van der Waals surface area contributed by atoms with E-state index in [0.29, 0.717) is 29.5 Å². The third-order valence-electron chi connectivity index (χ3n) is 5.15. The van der Waals surface area contributed by atoms with Crippen LogP contribution in [0.1, 0.15) is 46.5 Å². The predicted octanol–water partition coefficient (Wildman–Crippen LogP) is 2.85. The zero-order chi connectivity index (χ0) is 12.0. The summed E-state index contributed by atoms with van der Waals surface area (Å²) in [6, 6.07) is 0. The lowest BCUT2D eigenvalue weighted by atomic mass is 9.68. The van der Waals surface area contributed by atoms with Crippen molar-refractivity contribution >= 4 is 0 Å². The minimum atomic E-state index is 0.304. The van der Waals surface area contributed by atoms with E-state index in [1.165, 1.54) is 25.7 Å². The Kier molecular flexibility index (Phi) is 3.09. The van der Waals surface area contributed by atoms with E-state index >= 15 is 0 Å². The summed E-state index contributed by atoms with van der Waals surface area (Å²) in [6.07, 6.45) is 5.44. The van der Waals surface area contributed by atoms with Gasteiger partial charge in [0.1, 0.15) is 0 Å². The maximum absolute atomic E-state index is 9.37. The highest BCUT2D eigenvalue weighted by molar-refractivity contribution is 5.13.